The molecule has 7 heteroatoms. The minimum Gasteiger partial charge on any atom is -0.489 e. The predicted octanol–water partition coefficient (Wildman–Crippen LogP) is 3.53. The van der Waals surface area contributed by atoms with E-state index >= 15 is 0 Å². The quantitative estimate of drug-likeness (QED) is 0.488. The second-order valence-corrected chi connectivity index (χ2v) is 5.36. The van der Waals surface area contributed by atoms with E-state index in [-0.39, 0.29) is 12.3 Å². The number of hydrogen-bond acceptors (Lipinski definition) is 5. The molecule has 0 heterocycles. The number of anilines is 1. The average Bonchev–Trinajstić information content (AvgIpc) is 2.46. The molecule has 2 aromatic rings. The second kappa shape index (κ2) is 6.55. The van der Waals surface area contributed by atoms with Gasteiger partial charge in [0.05, 0.1) is 10.6 Å². The van der Waals surface area contributed by atoms with Gasteiger partial charge >= 0.3 is 0 Å². The lowest BCUT2D eigenvalue weighted by Crippen LogP contribution is -2.11. The van der Waals surface area contributed by atoms with Gasteiger partial charge < -0.3 is 10.2 Å². The first-order chi connectivity index (χ1) is 10.0. The summed E-state index contributed by atoms with van der Waals surface area (Å²) >= 11 is 3.38. The van der Waals surface area contributed by atoms with Crippen molar-refractivity contribution in [1.82, 2.24) is 0 Å². The van der Waals surface area contributed by atoms with E-state index in [2.05, 4.69) is 21.4 Å². The summed E-state index contributed by atoms with van der Waals surface area (Å²) in [7, 11) is 0. The molecule has 0 radical (unpaired) electrons. The number of ether oxygens (including phenoxy) is 1. The van der Waals surface area contributed by atoms with E-state index in [1.165, 1.54) is 12.1 Å². The van der Waals surface area contributed by atoms with Crippen LogP contribution >= 0.6 is 15.9 Å². The van der Waals surface area contributed by atoms with Crippen LogP contribution in [-0.2, 0) is 6.61 Å². The smallest absolute Gasteiger partial charge is 0.269 e. The molecule has 6 nitrogen and oxygen atoms in total. The summed E-state index contributed by atoms with van der Waals surface area (Å²) in [5, 5.41) is 10.8. The molecule has 0 unspecified atom stereocenters. The number of hydrazine groups is 1. The van der Waals surface area contributed by atoms with Gasteiger partial charge in [0.15, 0.2) is 0 Å². The molecule has 0 fully saturated rings. The van der Waals surface area contributed by atoms with E-state index in [1.54, 1.807) is 6.07 Å². The number of nitro benzene ring substituents is 1. The highest BCUT2D eigenvalue weighted by Crippen LogP contribution is 2.26. The Hall–Kier alpha value is -2.12. The molecule has 0 bridgehead atoms. The Morgan fingerprint density at radius 1 is 1.33 bits per heavy atom. The number of halogens is 1. The van der Waals surface area contributed by atoms with Gasteiger partial charge in [-0.2, -0.15) is 0 Å². The van der Waals surface area contributed by atoms with Gasteiger partial charge in [0.25, 0.3) is 5.69 Å². The van der Waals surface area contributed by atoms with E-state index < -0.39 is 4.92 Å². The summed E-state index contributed by atoms with van der Waals surface area (Å²) in [5.41, 5.74) is 4.69. The number of nitro groups is 1. The van der Waals surface area contributed by atoms with E-state index in [1.807, 2.05) is 25.1 Å². The first-order valence-electron chi connectivity index (χ1n) is 6.14. The third-order valence-electron chi connectivity index (χ3n) is 2.98. The topological polar surface area (TPSA) is 90.4 Å². The van der Waals surface area contributed by atoms with Gasteiger partial charge in [-0.1, -0.05) is 15.9 Å². The molecule has 0 amide bonds. The molecule has 0 aliphatic carbocycles. The molecule has 21 heavy (non-hydrogen) atoms. The van der Waals surface area contributed by atoms with Crippen LogP contribution in [0.2, 0.25) is 0 Å². The fraction of sp³-hybridized carbons (Fsp3) is 0.143. The monoisotopic (exact) mass is 351 g/mol. The van der Waals surface area contributed by atoms with Crippen molar-refractivity contribution in [1.29, 1.82) is 0 Å². The van der Waals surface area contributed by atoms with Crippen LogP contribution in [0.4, 0.5) is 11.4 Å². The number of non-ortho nitro benzene ring substituents is 1. The zero-order valence-corrected chi connectivity index (χ0v) is 12.9. The Morgan fingerprint density at radius 2 is 2.10 bits per heavy atom. The van der Waals surface area contributed by atoms with Crippen LogP contribution in [0.3, 0.4) is 0 Å². The van der Waals surface area contributed by atoms with Crippen LogP contribution in [0, 0.1) is 17.0 Å². The van der Waals surface area contributed by atoms with Crippen molar-refractivity contribution in [2.45, 2.75) is 13.5 Å². The largest absolute Gasteiger partial charge is 0.489 e. The van der Waals surface area contributed by atoms with Crippen LogP contribution in [0.25, 0.3) is 0 Å². The van der Waals surface area contributed by atoms with E-state index in [4.69, 9.17) is 10.6 Å². The van der Waals surface area contributed by atoms with Crippen LogP contribution in [0.1, 0.15) is 11.1 Å². The maximum absolute atomic E-state index is 10.8. The maximum Gasteiger partial charge on any atom is 0.269 e. The number of rotatable bonds is 5. The number of aryl methyl sites for hydroxylation is 1. The number of nitrogen functional groups attached to an aromatic ring is 1. The molecule has 2 aromatic carbocycles. The molecular weight excluding hydrogens is 338 g/mol. The highest BCUT2D eigenvalue weighted by Gasteiger charge is 2.11. The highest BCUT2D eigenvalue weighted by molar-refractivity contribution is 9.10. The molecule has 110 valence electrons. The van der Waals surface area contributed by atoms with Crippen LogP contribution in [0.5, 0.6) is 5.75 Å². The third-order valence-corrected chi connectivity index (χ3v) is 3.47. The number of nitrogens with one attached hydrogen (secondary N) is 1. The van der Waals surface area contributed by atoms with Crippen LogP contribution in [0.15, 0.2) is 40.9 Å². The number of nitrogens with two attached hydrogens (primary N) is 1. The molecule has 0 aromatic heterocycles. The van der Waals surface area contributed by atoms with Gasteiger partial charge in [-0.05, 0) is 36.8 Å². The molecule has 2 rings (SSSR count). The zero-order chi connectivity index (χ0) is 15.4. The van der Waals surface area contributed by atoms with E-state index in [0.29, 0.717) is 17.0 Å². The third kappa shape index (κ3) is 3.71. The first-order valence-corrected chi connectivity index (χ1v) is 6.93. The van der Waals surface area contributed by atoms with Crippen molar-refractivity contribution in [3.8, 4) is 5.75 Å². The lowest BCUT2D eigenvalue weighted by Gasteiger charge is -2.12. The highest BCUT2D eigenvalue weighted by atomic mass is 79.9. The van der Waals surface area contributed by atoms with Crippen LogP contribution < -0.4 is 16.0 Å². The summed E-state index contributed by atoms with van der Waals surface area (Å²) in [4.78, 5) is 10.4. The average molecular weight is 352 g/mol. The van der Waals surface area contributed by atoms with E-state index in [0.717, 1.165) is 10.0 Å². The molecule has 0 spiro atoms. The summed E-state index contributed by atoms with van der Waals surface area (Å²) in [6.07, 6.45) is 0. The maximum atomic E-state index is 10.8. The van der Waals surface area contributed by atoms with Crippen molar-refractivity contribution in [2.75, 3.05) is 5.43 Å². The van der Waals surface area contributed by atoms with E-state index in [9.17, 15) is 10.1 Å². The number of nitrogens with zero attached hydrogens (tertiary/aromatic N) is 1. The molecule has 0 aliphatic heterocycles. The van der Waals surface area contributed by atoms with Crippen molar-refractivity contribution in [2.24, 2.45) is 5.84 Å². The van der Waals surface area contributed by atoms with Crippen LogP contribution in [-0.4, -0.2) is 4.92 Å². The second-order valence-electron chi connectivity index (χ2n) is 4.44. The lowest BCUT2D eigenvalue weighted by molar-refractivity contribution is -0.384. The zero-order valence-electron chi connectivity index (χ0n) is 11.3. The molecule has 0 aliphatic rings. The van der Waals surface area contributed by atoms with Gasteiger partial charge in [0.2, 0.25) is 0 Å². The minimum atomic E-state index is -0.450. The van der Waals surface area contributed by atoms with Crippen molar-refractivity contribution in [3.05, 3.63) is 62.1 Å². The first kappa shape index (κ1) is 15.3. The Kier molecular flexibility index (Phi) is 4.77. The number of hydrogen-bond donors (Lipinski definition) is 2. The summed E-state index contributed by atoms with van der Waals surface area (Å²) in [5.74, 6) is 6.13. The van der Waals surface area contributed by atoms with Gasteiger partial charge in [0.1, 0.15) is 12.4 Å². The molecule has 0 saturated carbocycles. The normalized spacial score (nSPS) is 10.2. The summed E-state index contributed by atoms with van der Waals surface area (Å²) in [6, 6.07) is 10.0. The van der Waals surface area contributed by atoms with Crippen molar-refractivity contribution in [3.63, 3.8) is 0 Å². The number of benzene rings is 2. The van der Waals surface area contributed by atoms with Gasteiger partial charge in [-0.25, -0.2) is 0 Å². The van der Waals surface area contributed by atoms with Crippen molar-refractivity contribution < 1.29 is 9.66 Å². The standard InChI is InChI=1S/C14H14BrN3O3/c1-9-6-11(15)2-5-14(9)21-8-10-7-12(18(19)20)3-4-13(10)17-16/h2-7,17H,8,16H2,1H3. The SMILES string of the molecule is Cc1cc(Br)ccc1OCc1cc([N+](=O)[O-])ccc1NN. The predicted molar refractivity (Wildman–Crippen MR) is 84.1 cm³/mol. The van der Waals surface area contributed by atoms with Gasteiger partial charge in [-0.15, -0.1) is 0 Å². The minimum absolute atomic E-state index is 0.000119. The van der Waals surface area contributed by atoms with Gasteiger partial charge in [-0.3, -0.25) is 16.0 Å². The Balaban J connectivity index is 2.22. The Labute approximate surface area is 130 Å². The molecule has 0 atom stereocenters. The molecule has 0 saturated heterocycles. The summed E-state index contributed by atoms with van der Waals surface area (Å²) < 4.78 is 6.68. The fourth-order valence-corrected chi connectivity index (χ4v) is 2.36. The molecular formula is C14H14BrN3O3. The van der Waals surface area contributed by atoms with Gasteiger partial charge in [0, 0.05) is 22.2 Å². The van der Waals surface area contributed by atoms with Crippen molar-refractivity contribution >= 4 is 27.3 Å². The summed E-state index contributed by atoms with van der Waals surface area (Å²) in [6.45, 7) is 2.11. The lowest BCUT2D eigenvalue weighted by atomic mass is 10.1. The molecule has 3 N–H and O–H groups in total. The Morgan fingerprint density at radius 3 is 2.71 bits per heavy atom. The fourth-order valence-electron chi connectivity index (χ4n) is 1.88. The Bertz CT molecular complexity index is 677.